The lowest BCUT2D eigenvalue weighted by Crippen LogP contribution is -2.14. The molecule has 1 saturated carbocycles. The molecule has 154 valence electrons. The summed E-state index contributed by atoms with van der Waals surface area (Å²) < 4.78 is 3.88. The van der Waals surface area contributed by atoms with E-state index >= 15 is 0 Å². The van der Waals surface area contributed by atoms with Gasteiger partial charge in [0.05, 0.1) is 10.7 Å². The van der Waals surface area contributed by atoms with Crippen LogP contribution >= 0.6 is 34.7 Å². The van der Waals surface area contributed by atoms with Gasteiger partial charge >= 0.3 is 0 Å². The van der Waals surface area contributed by atoms with Gasteiger partial charge in [-0.1, -0.05) is 48.3 Å². The van der Waals surface area contributed by atoms with Crippen LogP contribution in [0.5, 0.6) is 0 Å². The van der Waals surface area contributed by atoms with Crippen molar-refractivity contribution in [2.75, 3.05) is 0 Å². The Labute approximate surface area is 186 Å². The number of thioether (sulfide) groups is 1. The molecule has 0 N–H and O–H groups in total. The predicted octanol–water partition coefficient (Wildman–Crippen LogP) is 5.38. The minimum atomic E-state index is -0.0385. The van der Waals surface area contributed by atoms with Crippen LogP contribution in [0.2, 0.25) is 5.02 Å². The summed E-state index contributed by atoms with van der Waals surface area (Å²) in [6, 6.07) is 9.75. The summed E-state index contributed by atoms with van der Waals surface area (Å²) in [5.74, 6) is 1.38. The molecular formula is C21H20ClN5OS2. The van der Waals surface area contributed by atoms with Gasteiger partial charge in [0.15, 0.2) is 15.9 Å². The quantitative estimate of drug-likeness (QED) is 0.376. The summed E-state index contributed by atoms with van der Waals surface area (Å²) in [5, 5.41) is 12.5. The van der Waals surface area contributed by atoms with Crippen LogP contribution in [0.15, 0.2) is 45.7 Å². The molecule has 30 heavy (non-hydrogen) atoms. The molecule has 1 aliphatic rings. The number of aromatic nitrogens is 5. The lowest BCUT2D eigenvalue weighted by atomic mass is 10.2. The van der Waals surface area contributed by atoms with Crippen LogP contribution in [0, 0.1) is 6.92 Å². The molecule has 0 radical (unpaired) electrons. The van der Waals surface area contributed by atoms with Gasteiger partial charge in [-0.25, -0.2) is 4.98 Å². The fourth-order valence-electron chi connectivity index (χ4n) is 4.01. The van der Waals surface area contributed by atoms with Crippen molar-refractivity contribution in [1.82, 2.24) is 24.1 Å². The maximum Gasteiger partial charge on any atom is 0.258 e. The smallest absolute Gasteiger partial charge is 0.258 e. The summed E-state index contributed by atoms with van der Waals surface area (Å²) in [5.41, 5.74) is 2.53. The molecule has 4 aromatic rings. The first-order valence-corrected chi connectivity index (χ1v) is 12.2. The third kappa shape index (κ3) is 3.57. The largest absolute Gasteiger partial charge is 0.299 e. The topological polar surface area (TPSA) is 65.1 Å². The zero-order valence-electron chi connectivity index (χ0n) is 16.4. The van der Waals surface area contributed by atoms with E-state index in [1.165, 1.54) is 24.2 Å². The van der Waals surface area contributed by atoms with Crippen molar-refractivity contribution in [3.63, 3.8) is 0 Å². The highest BCUT2D eigenvalue weighted by atomic mass is 35.5. The highest BCUT2D eigenvalue weighted by Crippen LogP contribution is 2.38. The lowest BCUT2D eigenvalue weighted by molar-refractivity contribution is 0.485. The Kier molecular flexibility index (Phi) is 5.39. The van der Waals surface area contributed by atoms with Crippen LogP contribution in [0.3, 0.4) is 0 Å². The predicted molar refractivity (Wildman–Crippen MR) is 122 cm³/mol. The van der Waals surface area contributed by atoms with Gasteiger partial charge < -0.3 is 0 Å². The van der Waals surface area contributed by atoms with E-state index in [4.69, 9.17) is 11.6 Å². The fraction of sp³-hybridized carbons (Fsp3) is 0.333. The minimum Gasteiger partial charge on any atom is -0.299 e. The first-order valence-electron chi connectivity index (χ1n) is 9.91. The van der Waals surface area contributed by atoms with Crippen molar-refractivity contribution in [2.24, 2.45) is 0 Å². The summed E-state index contributed by atoms with van der Waals surface area (Å²) in [6.07, 6.45) is 4.65. The summed E-state index contributed by atoms with van der Waals surface area (Å²) in [4.78, 5) is 17.9. The zero-order valence-corrected chi connectivity index (χ0v) is 18.8. The van der Waals surface area contributed by atoms with E-state index in [-0.39, 0.29) is 5.56 Å². The monoisotopic (exact) mass is 457 g/mol. The Hall–Kier alpha value is -2.16. The second-order valence-corrected chi connectivity index (χ2v) is 9.65. The molecule has 0 saturated heterocycles. The molecule has 0 unspecified atom stereocenters. The molecule has 0 atom stereocenters. The third-order valence-corrected chi connectivity index (χ3v) is 7.70. The normalized spacial score (nSPS) is 14.7. The van der Waals surface area contributed by atoms with Crippen LogP contribution < -0.4 is 5.56 Å². The van der Waals surface area contributed by atoms with Gasteiger partial charge in [0.1, 0.15) is 0 Å². The maximum absolute atomic E-state index is 12.5. The highest BCUT2D eigenvalue weighted by molar-refractivity contribution is 7.98. The molecular weight excluding hydrogens is 438 g/mol. The van der Waals surface area contributed by atoms with Crippen LogP contribution in [0.1, 0.15) is 43.1 Å². The number of nitrogens with zero attached hydrogens (tertiary/aromatic N) is 5. The summed E-state index contributed by atoms with van der Waals surface area (Å²) >= 11 is 9.52. The van der Waals surface area contributed by atoms with E-state index in [1.807, 2.05) is 36.6 Å². The van der Waals surface area contributed by atoms with Gasteiger partial charge in [-0.05, 0) is 31.9 Å². The van der Waals surface area contributed by atoms with Gasteiger partial charge in [-0.3, -0.25) is 13.8 Å². The third-order valence-electron chi connectivity index (χ3n) is 5.45. The zero-order chi connectivity index (χ0) is 20.7. The first-order chi connectivity index (χ1) is 14.6. The molecule has 9 heteroatoms. The van der Waals surface area contributed by atoms with E-state index in [9.17, 15) is 4.79 Å². The molecule has 1 aromatic carbocycles. The maximum atomic E-state index is 12.5. The number of benzene rings is 1. The van der Waals surface area contributed by atoms with Crippen LogP contribution in [0.25, 0.3) is 16.3 Å². The van der Waals surface area contributed by atoms with E-state index in [0.717, 1.165) is 45.7 Å². The van der Waals surface area contributed by atoms with E-state index in [1.54, 1.807) is 22.2 Å². The van der Waals surface area contributed by atoms with Crippen molar-refractivity contribution >= 4 is 39.7 Å². The van der Waals surface area contributed by atoms with E-state index in [0.29, 0.717) is 16.8 Å². The Morgan fingerprint density at radius 1 is 1.23 bits per heavy atom. The van der Waals surface area contributed by atoms with Gasteiger partial charge in [-0.2, -0.15) is 0 Å². The number of hydrogen-bond donors (Lipinski definition) is 0. The van der Waals surface area contributed by atoms with Crippen molar-refractivity contribution < 1.29 is 0 Å². The average molecular weight is 458 g/mol. The molecule has 0 spiro atoms. The molecule has 6 nitrogen and oxygen atoms in total. The Bertz CT molecular complexity index is 1270. The van der Waals surface area contributed by atoms with E-state index < -0.39 is 0 Å². The summed E-state index contributed by atoms with van der Waals surface area (Å²) in [6.45, 7) is 1.92. The van der Waals surface area contributed by atoms with Crippen molar-refractivity contribution in [1.29, 1.82) is 0 Å². The van der Waals surface area contributed by atoms with Crippen molar-refractivity contribution in [3.8, 4) is 11.4 Å². The second-order valence-electron chi connectivity index (χ2n) is 7.46. The minimum absolute atomic E-state index is 0.0385. The highest BCUT2D eigenvalue weighted by Gasteiger charge is 2.26. The fourth-order valence-corrected chi connectivity index (χ4v) is 6.02. The van der Waals surface area contributed by atoms with Crippen LogP contribution in [-0.2, 0) is 5.75 Å². The first kappa shape index (κ1) is 19.8. The molecule has 1 fully saturated rings. The van der Waals surface area contributed by atoms with Gasteiger partial charge in [0.25, 0.3) is 5.56 Å². The molecule has 0 aliphatic heterocycles. The lowest BCUT2D eigenvalue weighted by Gasteiger charge is -2.17. The Balaban J connectivity index is 1.49. The number of hydrogen-bond acceptors (Lipinski definition) is 6. The average Bonchev–Trinajstić information content (AvgIpc) is 3.46. The summed E-state index contributed by atoms with van der Waals surface area (Å²) in [7, 11) is 0. The standard InChI is InChI=1S/C21H20ClN5OS2/c1-13-11-29-20-23-14(10-18(28)26(13)20)12-30-21-25-24-19(16-8-4-5-9-17(16)22)27(21)15-6-2-3-7-15/h4-5,8-11,15H,2-3,6-7,12H2,1H3. The Morgan fingerprint density at radius 2 is 2.03 bits per heavy atom. The molecule has 3 heterocycles. The molecule has 1 aliphatic carbocycles. The number of thiazole rings is 1. The number of fused-ring (bicyclic) bond motifs is 1. The van der Waals surface area contributed by atoms with Crippen LogP contribution in [0.4, 0.5) is 0 Å². The van der Waals surface area contributed by atoms with Gasteiger partial charge in [0, 0.05) is 34.5 Å². The molecule has 0 bridgehead atoms. The SMILES string of the molecule is Cc1csc2nc(CSc3nnc(-c4ccccc4Cl)n3C3CCCC3)cc(=O)n12. The van der Waals surface area contributed by atoms with E-state index in [2.05, 4.69) is 19.7 Å². The molecule has 5 rings (SSSR count). The van der Waals surface area contributed by atoms with Gasteiger partial charge in [-0.15, -0.1) is 21.5 Å². The van der Waals surface area contributed by atoms with Crippen molar-refractivity contribution in [3.05, 3.63) is 62.5 Å². The number of rotatable bonds is 5. The number of halogens is 1. The Morgan fingerprint density at radius 3 is 2.83 bits per heavy atom. The molecule has 0 amide bonds. The second kappa shape index (κ2) is 8.17. The van der Waals surface area contributed by atoms with Crippen LogP contribution in [-0.4, -0.2) is 24.1 Å². The van der Waals surface area contributed by atoms with Crippen molar-refractivity contribution in [2.45, 2.75) is 49.6 Å². The molecule has 3 aromatic heterocycles. The number of aryl methyl sites for hydroxylation is 1. The van der Waals surface area contributed by atoms with Gasteiger partial charge in [0.2, 0.25) is 0 Å².